The number of nitrogens with zero attached hydrogens (tertiary/aromatic N) is 3. The minimum atomic E-state index is -0.483. The van der Waals surface area contributed by atoms with Crippen molar-refractivity contribution < 1.29 is 9.66 Å². The van der Waals surface area contributed by atoms with Gasteiger partial charge in [-0.2, -0.15) is 5.26 Å². The van der Waals surface area contributed by atoms with E-state index in [4.69, 9.17) is 10.00 Å². The van der Waals surface area contributed by atoms with Gasteiger partial charge in [0.15, 0.2) is 0 Å². The summed E-state index contributed by atoms with van der Waals surface area (Å²) in [5.74, 6) is 0.295. The van der Waals surface area contributed by atoms with Crippen LogP contribution in [0.1, 0.15) is 38.2 Å². The summed E-state index contributed by atoms with van der Waals surface area (Å²) in [7, 11) is 0. The van der Waals surface area contributed by atoms with Gasteiger partial charge in [-0.3, -0.25) is 10.1 Å². The van der Waals surface area contributed by atoms with Crippen LogP contribution in [0.2, 0.25) is 0 Å². The third-order valence-electron chi connectivity index (χ3n) is 4.08. The van der Waals surface area contributed by atoms with Crippen LogP contribution in [0.15, 0.2) is 18.2 Å². The predicted molar refractivity (Wildman–Crippen MR) is 82.8 cm³/mol. The molecule has 6 heteroatoms. The maximum Gasteiger partial charge on any atom is 0.273 e. The molecule has 0 unspecified atom stereocenters. The number of rotatable bonds is 6. The summed E-state index contributed by atoms with van der Waals surface area (Å²) in [4.78, 5) is 12.8. The summed E-state index contributed by atoms with van der Waals surface area (Å²) in [6, 6.07) is 6.69. The number of hydrogen-bond donors (Lipinski definition) is 0. The van der Waals surface area contributed by atoms with E-state index in [2.05, 4.69) is 11.8 Å². The van der Waals surface area contributed by atoms with Crippen LogP contribution < -0.4 is 4.74 Å². The number of nitro benzene ring substituents is 1. The average Bonchev–Trinajstić information content (AvgIpc) is 2.52. The number of nitro groups is 1. The second-order valence-corrected chi connectivity index (χ2v) is 5.63. The Kier molecular flexibility index (Phi) is 5.73. The van der Waals surface area contributed by atoms with Crippen molar-refractivity contribution in [3.63, 3.8) is 0 Å². The van der Waals surface area contributed by atoms with Crippen LogP contribution in [0.25, 0.3) is 0 Å². The van der Waals surface area contributed by atoms with E-state index >= 15 is 0 Å². The Morgan fingerprint density at radius 2 is 2.32 bits per heavy atom. The van der Waals surface area contributed by atoms with E-state index in [1.807, 2.05) is 6.07 Å². The monoisotopic (exact) mass is 303 g/mol. The van der Waals surface area contributed by atoms with Gasteiger partial charge < -0.3 is 9.64 Å². The minimum Gasteiger partial charge on any atom is -0.492 e. The number of nitriles is 1. The lowest BCUT2D eigenvalue weighted by atomic mass is 10.0. The maximum atomic E-state index is 10.8. The van der Waals surface area contributed by atoms with Gasteiger partial charge >= 0.3 is 0 Å². The van der Waals surface area contributed by atoms with Crippen molar-refractivity contribution in [2.45, 2.75) is 38.6 Å². The Bertz CT molecular complexity index is 568. The molecule has 1 atom stereocenters. The predicted octanol–water partition coefficient (Wildman–Crippen LogP) is 3.11. The van der Waals surface area contributed by atoms with Crippen molar-refractivity contribution in [2.75, 3.05) is 19.7 Å². The molecule has 0 saturated carbocycles. The number of hydrogen-bond acceptors (Lipinski definition) is 5. The summed E-state index contributed by atoms with van der Waals surface area (Å²) in [5, 5.41) is 19.8. The van der Waals surface area contributed by atoms with Crippen molar-refractivity contribution in [2.24, 2.45) is 0 Å². The largest absolute Gasteiger partial charge is 0.492 e. The van der Waals surface area contributed by atoms with Crippen molar-refractivity contribution in [1.82, 2.24) is 4.90 Å². The summed E-state index contributed by atoms with van der Waals surface area (Å²) in [6.07, 6.45) is 4.63. The van der Waals surface area contributed by atoms with Crippen molar-refractivity contribution in [3.8, 4) is 11.8 Å². The summed E-state index contributed by atoms with van der Waals surface area (Å²) in [6.45, 7) is 4.78. The number of benzene rings is 1. The molecular weight excluding hydrogens is 282 g/mol. The van der Waals surface area contributed by atoms with E-state index in [0.717, 1.165) is 19.5 Å². The zero-order chi connectivity index (χ0) is 15.9. The lowest BCUT2D eigenvalue weighted by Gasteiger charge is -2.33. The molecule has 0 amide bonds. The molecule has 6 nitrogen and oxygen atoms in total. The molecule has 118 valence electrons. The first-order chi connectivity index (χ1) is 10.6. The van der Waals surface area contributed by atoms with Crippen LogP contribution in [0.3, 0.4) is 0 Å². The van der Waals surface area contributed by atoms with E-state index in [1.54, 1.807) is 0 Å². The Morgan fingerprint density at radius 1 is 1.50 bits per heavy atom. The van der Waals surface area contributed by atoms with E-state index in [9.17, 15) is 10.1 Å². The van der Waals surface area contributed by atoms with Crippen LogP contribution >= 0.6 is 0 Å². The first-order valence-corrected chi connectivity index (χ1v) is 7.67. The number of piperidine rings is 1. The van der Waals surface area contributed by atoms with Crippen LogP contribution in [-0.2, 0) is 0 Å². The lowest BCUT2D eigenvalue weighted by Crippen LogP contribution is -2.38. The molecule has 1 heterocycles. The van der Waals surface area contributed by atoms with Crippen LogP contribution in [0.4, 0.5) is 5.69 Å². The van der Waals surface area contributed by atoms with E-state index in [-0.39, 0.29) is 5.69 Å². The molecule has 22 heavy (non-hydrogen) atoms. The van der Waals surface area contributed by atoms with Gasteiger partial charge in [0.25, 0.3) is 5.69 Å². The molecule has 0 N–H and O–H groups in total. The van der Waals surface area contributed by atoms with Gasteiger partial charge in [0.1, 0.15) is 11.8 Å². The summed E-state index contributed by atoms with van der Waals surface area (Å²) in [5.41, 5.74) is 0.274. The molecule has 1 aliphatic rings. The number of ether oxygens (including phenoxy) is 1. The number of likely N-dealkylation sites (tertiary alicyclic amines) is 1. The Labute approximate surface area is 130 Å². The number of non-ortho nitro benzene ring substituents is 1. The second-order valence-electron chi connectivity index (χ2n) is 5.63. The Hall–Kier alpha value is -2.13. The quantitative estimate of drug-likeness (QED) is 0.458. The van der Waals surface area contributed by atoms with Crippen molar-refractivity contribution in [1.29, 1.82) is 5.26 Å². The highest BCUT2D eigenvalue weighted by molar-refractivity contribution is 5.49. The highest BCUT2D eigenvalue weighted by Crippen LogP contribution is 2.24. The van der Waals surface area contributed by atoms with Crippen molar-refractivity contribution >= 4 is 5.69 Å². The van der Waals surface area contributed by atoms with Gasteiger partial charge in [0.05, 0.1) is 23.2 Å². The topological polar surface area (TPSA) is 79.4 Å². The van der Waals surface area contributed by atoms with Crippen LogP contribution in [-0.4, -0.2) is 35.6 Å². The molecule has 2 rings (SSSR count). The molecule has 1 aliphatic heterocycles. The molecule has 1 fully saturated rings. The smallest absolute Gasteiger partial charge is 0.273 e. The molecular formula is C16H21N3O3. The van der Waals surface area contributed by atoms with E-state index in [0.29, 0.717) is 24.0 Å². The zero-order valence-corrected chi connectivity index (χ0v) is 12.8. The fraction of sp³-hybridized carbons (Fsp3) is 0.562. The van der Waals surface area contributed by atoms with Crippen LogP contribution in [0, 0.1) is 21.4 Å². The molecule has 0 radical (unpaired) electrons. The molecule has 1 saturated heterocycles. The van der Waals surface area contributed by atoms with E-state index in [1.165, 1.54) is 37.5 Å². The standard InChI is InChI=1S/C16H21N3O3/c1-13-5-2-3-8-18(13)9-4-10-22-16-11-15(19(20)21)7-6-14(16)12-17/h6-7,11,13H,2-5,8-10H2,1H3/t13-/m1/s1. The molecule has 0 aliphatic carbocycles. The fourth-order valence-corrected chi connectivity index (χ4v) is 2.78. The average molecular weight is 303 g/mol. The summed E-state index contributed by atoms with van der Waals surface area (Å²) < 4.78 is 5.59. The summed E-state index contributed by atoms with van der Waals surface area (Å²) >= 11 is 0. The maximum absolute atomic E-state index is 10.8. The first-order valence-electron chi connectivity index (χ1n) is 7.67. The molecule has 1 aromatic carbocycles. The van der Waals surface area contributed by atoms with Gasteiger partial charge in [0.2, 0.25) is 0 Å². The van der Waals surface area contributed by atoms with Gasteiger partial charge in [-0.15, -0.1) is 0 Å². The minimum absolute atomic E-state index is 0.0568. The highest BCUT2D eigenvalue weighted by atomic mass is 16.6. The third-order valence-corrected chi connectivity index (χ3v) is 4.08. The molecule has 0 spiro atoms. The van der Waals surface area contributed by atoms with Crippen LogP contribution in [0.5, 0.6) is 5.75 Å². The van der Waals surface area contributed by atoms with Crippen molar-refractivity contribution in [3.05, 3.63) is 33.9 Å². The van der Waals surface area contributed by atoms with Gasteiger partial charge in [0, 0.05) is 18.7 Å². The van der Waals surface area contributed by atoms with Gasteiger partial charge in [-0.25, -0.2) is 0 Å². The van der Waals surface area contributed by atoms with E-state index < -0.39 is 4.92 Å². The van der Waals surface area contributed by atoms with Gasteiger partial charge in [-0.05, 0) is 38.8 Å². The Balaban J connectivity index is 1.87. The van der Waals surface area contributed by atoms with Gasteiger partial charge in [-0.1, -0.05) is 6.42 Å². The first kappa shape index (κ1) is 16.2. The fourth-order valence-electron chi connectivity index (χ4n) is 2.78. The molecule has 0 bridgehead atoms. The second kappa shape index (κ2) is 7.76. The zero-order valence-electron chi connectivity index (χ0n) is 12.8. The molecule has 1 aromatic rings. The third kappa shape index (κ3) is 4.18. The highest BCUT2D eigenvalue weighted by Gasteiger charge is 2.17. The normalized spacial score (nSPS) is 18.6. The lowest BCUT2D eigenvalue weighted by molar-refractivity contribution is -0.384. The molecule has 0 aromatic heterocycles. The Morgan fingerprint density at radius 3 is 3.00 bits per heavy atom. The SMILES string of the molecule is C[C@@H]1CCCCN1CCCOc1cc([N+](=O)[O-])ccc1C#N.